The van der Waals surface area contributed by atoms with Crippen LogP contribution in [0.1, 0.15) is 52.0 Å². The van der Waals surface area contributed by atoms with E-state index in [0.717, 1.165) is 25.7 Å². The first-order chi connectivity index (χ1) is 8.45. The zero-order valence-corrected chi connectivity index (χ0v) is 11.6. The van der Waals surface area contributed by atoms with Crippen molar-refractivity contribution >= 4 is 11.5 Å². The van der Waals surface area contributed by atoms with Crippen molar-refractivity contribution in [2.45, 2.75) is 57.9 Å². The Morgan fingerprint density at radius 2 is 1.61 bits per heavy atom. The van der Waals surface area contributed by atoms with E-state index in [1.54, 1.807) is 0 Å². The number of anilines is 1. The monoisotopic (exact) mass is 245 g/mol. The van der Waals surface area contributed by atoms with E-state index in [4.69, 9.17) is 0 Å². The number of carbonyl (C=O) groups excluding carboxylic acids is 1. The van der Waals surface area contributed by atoms with Crippen molar-refractivity contribution in [3.05, 3.63) is 29.8 Å². The van der Waals surface area contributed by atoms with Crippen LogP contribution in [0, 0.1) is 0 Å². The number of hydrogen-bond donors (Lipinski definition) is 1. The minimum Gasteiger partial charge on any atom is -0.382 e. The molecule has 0 amide bonds. The van der Waals surface area contributed by atoms with Gasteiger partial charge in [0, 0.05) is 24.6 Å². The molecule has 0 unspecified atom stereocenters. The molecule has 1 N–H and O–H groups in total. The van der Waals surface area contributed by atoms with Crippen LogP contribution in [0.3, 0.4) is 0 Å². The first kappa shape index (κ1) is 13.1. The largest absolute Gasteiger partial charge is 0.382 e. The summed E-state index contributed by atoms with van der Waals surface area (Å²) in [6.45, 7) is 6.67. The molecule has 0 spiro atoms. The minimum atomic E-state index is 0.204. The van der Waals surface area contributed by atoms with E-state index >= 15 is 0 Å². The Kier molecular flexibility index (Phi) is 3.74. The molecule has 2 heteroatoms. The summed E-state index contributed by atoms with van der Waals surface area (Å²) in [6, 6.07) is 9.14. The SMILES string of the molecule is CC(C)(C)c1ccc(NC2CCC(=O)CC2)cc1. The maximum absolute atomic E-state index is 11.2. The summed E-state index contributed by atoms with van der Waals surface area (Å²) in [5.74, 6) is 0.413. The molecular weight excluding hydrogens is 222 g/mol. The molecule has 1 aliphatic rings. The van der Waals surface area contributed by atoms with Gasteiger partial charge in [0.05, 0.1) is 0 Å². The lowest BCUT2D eigenvalue weighted by atomic mass is 9.87. The second-order valence-electron chi connectivity index (χ2n) is 6.28. The number of nitrogens with one attached hydrogen (secondary N) is 1. The zero-order chi connectivity index (χ0) is 13.2. The van der Waals surface area contributed by atoms with Gasteiger partial charge in [-0.2, -0.15) is 0 Å². The molecule has 0 bridgehead atoms. The van der Waals surface area contributed by atoms with Crippen LogP contribution in [-0.4, -0.2) is 11.8 Å². The van der Waals surface area contributed by atoms with Crippen molar-refractivity contribution in [3.63, 3.8) is 0 Å². The molecule has 18 heavy (non-hydrogen) atoms. The molecule has 0 atom stereocenters. The molecule has 1 aromatic rings. The van der Waals surface area contributed by atoms with Crippen molar-refractivity contribution in [1.29, 1.82) is 0 Å². The Bertz CT molecular complexity index is 404. The quantitative estimate of drug-likeness (QED) is 0.856. The number of hydrogen-bond acceptors (Lipinski definition) is 2. The van der Waals surface area contributed by atoms with Crippen LogP contribution in [0.25, 0.3) is 0 Å². The maximum Gasteiger partial charge on any atom is 0.133 e. The summed E-state index contributed by atoms with van der Waals surface area (Å²) in [5, 5.41) is 3.53. The predicted molar refractivity (Wildman–Crippen MR) is 76.0 cm³/mol. The Labute approximate surface area is 110 Å². The van der Waals surface area contributed by atoms with Crippen LogP contribution in [0.4, 0.5) is 5.69 Å². The predicted octanol–water partition coefficient (Wildman–Crippen LogP) is 3.91. The number of rotatable bonds is 2. The van der Waals surface area contributed by atoms with Gasteiger partial charge in [-0.3, -0.25) is 4.79 Å². The average molecular weight is 245 g/mol. The highest BCUT2D eigenvalue weighted by atomic mass is 16.1. The number of carbonyl (C=O) groups is 1. The highest BCUT2D eigenvalue weighted by Gasteiger charge is 2.18. The molecule has 0 heterocycles. The molecule has 0 aromatic heterocycles. The molecule has 1 saturated carbocycles. The number of benzene rings is 1. The van der Waals surface area contributed by atoms with Crippen molar-refractivity contribution in [3.8, 4) is 0 Å². The molecule has 1 aliphatic carbocycles. The topological polar surface area (TPSA) is 29.1 Å². The molecule has 2 nitrogen and oxygen atoms in total. The smallest absolute Gasteiger partial charge is 0.133 e. The maximum atomic E-state index is 11.2. The fraction of sp³-hybridized carbons (Fsp3) is 0.562. The van der Waals surface area contributed by atoms with E-state index < -0.39 is 0 Å². The fourth-order valence-electron chi connectivity index (χ4n) is 2.39. The highest BCUT2D eigenvalue weighted by Crippen LogP contribution is 2.25. The van der Waals surface area contributed by atoms with Crippen LogP contribution < -0.4 is 5.32 Å². The molecule has 2 rings (SSSR count). The number of Topliss-reactive ketones (excluding diaryl/α,β-unsaturated/α-hetero) is 1. The van der Waals surface area contributed by atoms with E-state index in [1.807, 2.05) is 0 Å². The summed E-state index contributed by atoms with van der Waals surface area (Å²) in [6.07, 6.45) is 3.41. The summed E-state index contributed by atoms with van der Waals surface area (Å²) in [5.41, 5.74) is 2.73. The third-order valence-corrected chi connectivity index (χ3v) is 3.66. The van der Waals surface area contributed by atoms with E-state index in [9.17, 15) is 4.79 Å². The first-order valence-electron chi connectivity index (χ1n) is 6.84. The van der Waals surface area contributed by atoms with Crippen LogP contribution in [0.5, 0.6) is 0 Å². The van der Waals surface area contributed by atoms with Crippen LogP contribution in [0.2, 0.25) is 0 Å². The summed E-state index contributed by atoms with van der Waals surface area (Å²) in [7, 11) is 0. The molecule has 1 aromatic carbocycles. The summed E-state index contributed by atoms with van der Waals surface area (Å²) in [4.78, 5) is 11.2. The fourth-order valence-corrected chi connectivity index (χ4v) is 2.39. The minimum absolute atomic E-state index is 0.204. The van der Waals surface area contributed by atoms with Gasteiger partial charge in [0.2, 0.25) is 0 Å². The number of ketones is 1. The van der Waals surface area contributed by atoms with Gasteiger partial charge in [0.1, 0.15) is 5.78 Å². The lowest BCUT2D eigenvalue weighted by Gasteiger charge is -2.24. The van der Waals surface area contributed by atoms with Crippen molar-refractivity contribution in [2.24, 2.45) is 0 Å². The van der Waals surface area contributed by atoms with Crippen molar-refractivity contribution in [1.82, 2.24) is 0 Å². The van der Waals surface area contributed by atoms with Gasteiger partial charge in [-0.05, 0) is 36.0 Å². The molecule has 0 aliphatic heterocycles. The van der Waals surface area contributed by atoms with E-state index in [2.05, 4.69) is 50.4 Å². The lowest BCUT2D eigenvalue weighted by molar-refractivity contribution is -0.120. The zero-order valence-electron chi connectivity index (χ0n) is 11.6. The van der Waals surface area contributed by atoms with Gasteiger partial charge in [0.25, 0.3) is 0 Å². The van der Waals surface area contributed by atoms with E-state index in [-0.39, 0.29) is 5.41 Å². The van der Waals surface area contributed by atoms with Gasteiger partial charge in [-0.1, -0.05) is 32.9 Å². The third kappa shape index (κ3) is 3.34. The van der Waals surface area contributed by atoms with Gasteiger partial charge >= 0.3 is 0 Å². The highest BCUT2D eigenvalue weighted by molar-refractivity contribution is 5.79. The van der Waals surface area contributed by atoms with Crippen molar-refractivity contribution < 1.29 is 4.79 Å². The molecule has 0 radical (unpaired) electrons. The standard InChI is InChI=1S/C16H23NO/c1-16(2,3)12-4-6-13(7-5-12)17-14-8-10-15(18)11-9-14/h4-7,14,17H,8-11H2,1-3H3. The summed E-state index contributed by atoms with van der Waals surface area (Å²) >= 11 is 0. The third-order valence-electron chi connectivity index (χ3n) is 3.66. The second kappa shape index (κ2) is 5.13. The Morgan fingerprint density at radius 3 is 2.11 bits per heavy atom. The van der Waals surface area contributed by atoms with Gasteiger partial charge < -0.3 is 5.32 Å². The van der Waals surface area contributed by atoms with Gasteiger partial charge in [-0.25, -0.2) is 0 Å². The first-order valence-corrected chi connectivity index (χ1v) is 6.84. The molecule has 98 valence electrons. The molecular formula is C16H23NO. The van der Waals surface area contributed by atoms with Crippen molar-refractivity contribution in [2.75, 3.05) is 5.32 Å². The van der Waals surface area contributed by atoms with Gasteiger partial charge in [0.15, 0.2) is 0 Å². The molecule has 1 fully saturated rings. The normalized spacial score (nSPS) is 17.8. The van der Waals surface area contributed by atoms with Crippen LogP contribution in [0.15, 0.2) is 24.3 Å². The average Bonchev–Trinajstić information content (AvgIpc) is 2.32. The van der Waals surface area contributed by atoms with E-state index in [0.29, 0.717) is 11.8 Å². The van der Waals surface area contributed by atoms with E-state index in [1.165, 1.54) is 11.3 Å². The van der Waals surface area contributed by atoms with Gasteiger partial charge in [-0.15, -0.1) is 0 Å². The Balaban J connectivity index is 1.96. The molecule has 0 saturated heterocycles. The van der Waals surface area contributed by atoms with Crippen LogP contribution in [-0.2, 0) is 10.2 Å². The van der Waals surface area contributed by atoms with Crippen LogP contribution >= 0.6 is 0 Å². The second-order valence-corrected chi connectivity index (χ2v) is 6.28. The summed E-state index contributed by atoms with van der Waals surface area (Å²) < 4.78 is 0. The Morgan fingerprint density at radius 1 is 1.06 bits per heavy atom. The lowest BCUT2D eigenvalue weighted by Crippen LogP contribution is -2.26. The Hall–Kier alpha value is -1.31.